The molecule has 1 aliphatic rings. The molecule has 0 radical (unpaired) electrons. The molecule has 11 heteroatoms. The van der Waals surface area contributed by atoms with Crippen molar-refractivity contribution >= 4 is 33.7 Å². The van der Waals surface area contributed by atoms with Crippen LogP contribution < -0.4 is 10.6 Å². The Morgan fingerprint density at radius 3 is 2.65 bits per heavy atom. The van der Waals surface area contributed by atoms with Crippen molar-refractivity contribution in [3.05, 3.63) is 94.8 Å². The maximum atomic E-state index is 16.1. The molecule has 5 aromatic rings. The first kappa shape index (κ1) is 31.1. The number of aromatic amines is 1. The molecule has 0 saturated carbocycles. The van der Waals surface area contributed by atoms with E-state index in [0.717, 1.165) is 23.9 Å². The summed E-state index contributed by atoms with van der Waals surface area (Å²) in [7, 11) is 0. The zero-order chi connectivity index (χ0) is 32.7. The van der Waals surface area contributed by atoms with Crippen LogP contribution in [0.3, 0.4) is 0 Å². The third-order valence-corrected chi connectivity index (χ3v) is 8.78. The molecule has 0 bridgehead atoms. The normalized spacial score (nSPS) is 16.9. The molecule has 1 aromatic carbocycles. The number of hydrogen-bond acceptors (Lipinski definition) is 6. The van der Waals surface area contributed by atoms with Crippen molar-refractivity contribution in [1.29, 1.82) is 0 Å². The summed E-state index contributed by atoms with van der Waals surface area (Å²) in [5.41, 5.74) is 2.03. The van der Waals surface area contributed by atoms with E-state index in [0.29, 0.717) is 36.5 Å². The number of carbonyl (C=O) groups is 1. The van der Waals surface area contributed by atoms with Crippen molar-refractivity contribution in [3.8, 4) is 11.3 Å². The molecule has 1 fully saturated rings. The van der Waals surface area contributed by atoms with Crippen LogP contribution in [0.5, 0.6) is 0 Å². The highest BCUT2D eigenvalue weighted by molar-refractivity contribution is 5.96. The number of halogens is 2. The smallest absolute Gasteiger partial charge is 0.348 e. The van der Waals surface area contributed by atoms with Gasteiger partial charge in [-0.15, -0.1) is 0 Å². The number of amides is 1. The number of H-pyrrole nitrogens is 1. The molecule has 0 aliphatic carbocycles. The van der Waals surface area contributed by atoms with Crippen molar-refractivity contribution in [2.24, 2.45) is 0 Å². The van der Waals surface area contributed by atoms with Gasteiger partial charge in [0.15, 0.2) is 5.82 Å². The summed E-state index contributed by atoms with van der Waals surface area (Å²) in [6, 6.07) is 9.81. The Hall–Kier alpha value is -4.93. The molecular weight excluding hydrogens is 588 g/mol. The van der Waals surface area contributed by atoms with Crippen molar-refractivity contribution in [3.63, 3.8) is 0 Å². The Morgan fingerprint density at radius 1 is 1.09 bits per heavy atom. The Balaban J connectivity index is 1.37. The Labute approximate surface area is 265 Å². The molecule has 2 atom stereocenters. The van der Waals surface area contributed by atoms with E-state index in [-0.39, 0.29) is 40.7 Å². The van der Waals surface area contributed by atoms with Gasteiger partial charge < -0.3 is 14.4 Å². The fourth-order valence-electron chi connectivity index (χ4n) is 6.38. The molecule has 9 nitrogen and oxygen atoms in total. The van der Waals surface area contributed by atoms with Crippen LogP contribution in [0, 0.1) is 11.6 Å². The first-order chi connectivity index (χ1) is 22.0. The topological polar surface area (TPSA) is 100 Å². The summed E-state index contributed by atoms with van der Waals surface area (Å²) in [5, 5.41) is 1.05. The molecule has 4 aromatic heterocycles. The molecule has 0 unspecified atom stereocenters. The predicted octanol–water partition coefficient (Wildman–Crippen LogP) is 5.98. The van der Waals surface area contributed by atoms with Crippen LogP contribution in [0.1, 0.15) is 51.3 Å². The fraction of sp³-hybridized carbons (Fsp3) is 0.343. The second kappa shape index (κ2) is 12.5. The Morgan fingerprint density at radius 2 is 1.89 bits per heavy atom. The van der Waals surface area contributed by atoms with Crippen molar-refractivity contribution < 1.29 is 13.6 Å². The maximum absolute atomic E-state index is 16.1. The molecular formula is C35H37F2N7O2. The number of fused-ring (bicyclic) bond motifs is 2. The van der Waals surface area contributed by atoms with Gasteiger partial charge in [-0.05, 0) is 80.6 Å². The number of aryl methyl sites for hydroxylation is 2. The lowest BCUT2D eigenvalue weighted by molar-refractivity contribution is -0.128. The van der Waals surface area contributed by atoms with Crippen LogP contribution in [0.2, 0.25) is 0 Å². The molecule has 6 rings (SSSR count). The highest BCUT2D eigenvalue weighted by Gasteiger charge is 2.33. The lowest BCUT2D eigenvalue weighted by Gasteiger charge is -2.44. The summed E-state index contributed by atoms with van der Waals surface area (Å²) in [5.74, 6) is -0.939. The van der Waals surface area contributed by atoms with Crippen LogP contribution in [0.15, 0.2) is 66.2 Å². The van der Waals surface area contributed by atoms with Gasteiger partial charge in [0.2, 0.25) is 5.91 Å². The number of nitrogens with zero attached hydrogens (tertiary/aromatic N) is 6. The van der Waals surface area contributed by atoms with Crippen LogP contribution >= 0.6 is 0 Å². The summed E-state index contributed by atoms with van der Waals surface area (Å²) in [4.78, 5) is 44.5. The van der Waals surface area contributed by atoms with E-state index in [1.807, 2.05) is 47.8 Å². The molecule has 1 N–H and O–H groups in total. The predicted molar refractivity (Wildman–Crippen MR) is 176 cm³/mol. The average Bonchev–Trinajstić information content (AvgIpc) is 3.44. The van der Waals surface area contributed by atoms with Gasteiger partial charge in [0, 0.05) is 55.2 Å². The SMILES string of the molecule is C=CC(=O)N1C[C@H](C)N(c2nc(=O)[nH]c3nc(-c4c(F)ccc5ccn(CCCc6ccnc(C(C)C)c6)c45)c(F)cc23)C[C@H]1C. The minimum Gasteiger partial charge on any atom is -0.349 e. The summed E-state index contributed by atoms with van der Waals surface area (Å²) >= 11 is 0. The Kier molecular flexibility index (Phi) is 8.41. The van der Waals surface area contributed by atoms with Crippen molar-refractivity contribution in [2.45, 2.75) is 65.1 Å². The lowest BCUT2D eigenvalue weighted by Crippen LogP contribution is -2.58. The van der Waals surface area contributed by atoms with Gasteiger partial charge in [0.25, 0.3) is 0 Å². The molecule has 1 aliphatic heterocycles. The quantitative estimate of drug-likeness (QED) is 0.213. The highest BCUT2D eigenvalue weighted by atomic mass is 19.1. The van der Waals surface area contributed by atoms with Crippen molar-refractivity contribution in [2.75, 3.05) is 18.0 Å². The number of anilines is 1. The third kappa shape index (κ3) is 5.77. The first-order valence-corrected chi connectivity index (χ1v) is 15.6. The lowest BCUT2D eigenvalue weighted by atomic mass is 10.0. The standard InChI is InChI=1S/C35H37F2N7O2/c1-6-29(45)43-18-22(5)44(19-21(43)4)34-25-17-27(37)31(39-33(25)40-35(46)41-34)30-26(36)10-9-24-12-15-42(32(24)30)14-7-8-23-11-13-38-28(16-23)20(2)3/h6,9-13,15-17,20-22H,1,7-8,14,18-19H2,2-5H3,(H,39,40,41,46)/t21-,22+/m1/s1. The Bertz CT molecular complexity index is 2020. The highest BCUT2D eigenvalue weighted by Crippen LogP contribution is 2.36. The molecule has 46 heavy (non-hydrogen) atoms. The number of piperazine rings is 1. The number of hydrogen-bond donors (Lipinski definition) is 1. The van der Waals surface area contributed by atoms with Gasteiger partial charge >= 0.3 is 5.69 Å². The van der Waals surface area contributed by atoms with Crippen LogP contribution in [0.4, 0.5) is 14.6 Å². The summed E-state index contributed by atoms with van der Waals surface area (Å²) < 4.78 is 33.7. The summed E-state index contributed by atoms with van der Waals surface area (Å²) in [6.45, 7) is 12.9. The maximum Gasteiger partial charge on any atom is 0.348 e. The van der Waals surface area contributed by atoms with Crippen LogP contribution in [0.25, 0.3) is 33.2 Å². The second-order valence-corrected chi connectivity index (χ2v) is 12.3. The van der Waals surface area contributed by atoms with Gasteiger partial charge in [0.1, 0.15) is 23.0 Å². The number of pyridine rings is 2. The zero-order valence-electron chi connectivity index (χ0n) is 26.4. The summed E-state index contributed by atoms with van der Waals surface area (Å²) in [6.07, 6.45) is 6.56. The first-order valence-electron chi connectivity index (χ1n) is 15.6. The average molecular weight is 626 g/mol. The number of aromatic nitrogens is 5. The van der Waals surface area contributed by atoms with E-state index in [4.69, 9.17) is 0 Å². The number of nitrogens with one attached hydrogen (secondary N) is 1. The zero-order valence-corrected chi connectivity index (χ0v) is 26.4. The number of benzene rings is 1. The van der Waals surface area contributed by atoms with Gasteiger partial charge in [-0.25, -0.2) is 18.6 Å². The van der Waals surface area contributed by atoms with E-state index in [2.05, 4.69) is 46.4 Å². The van der Waals surface area contributed by atoms with E-state index in [9.17, 15) is 9.59 Å². The van der Waals surface area contributed by atoms with Crippen LogP contribution in [-0.4, -0.2) is 60.5 Å². The van der Waals surface area contributed by atoms with E-state index in [1.54, 1.807) is 11.0 Å². The minimum atomic E-state index is -0.735. The molecule has 0 spiro atoms. The largest absolute Gasteiger partial charge is 0.349 e. The third-order valence-electron chi connectivity index (χ3n) is 8.78. The van der Waals surface area contributed by atoms with E-state index in [1.165, 1.54) is 23.8 Å². The van der Waals surface area contributed by atoms with Gasteiger partial charge in [-0.3, -0.25) is 14.8 Å². The monoisotopic (exact) mass is 625 g/mol. The second-order valence-electron chi connectivity index (χ2n) is 12.3. The number of carbonyl (C=O) groups excluding carboxylic acids is 1. The van der Waals surface area contributed by atoms with Gasteiger partial charge in [-0.2, -0.15) is 4.98 Å². The fourth-order valence-corrected chi connectivity index (χ4v) is 6.38. The molecule has 238 valence electrons. The van der Waals surface area contributed by atoms with E-state index >= 15 is 8.78 Å². The van der Waals surface area contributed by atoms with E-state index < -0.39 is 17.3 Å². The van der Waals surface area contributed by atoms with Gasteiger partial charge in [0.05, 0.1) is 16.5 Å². The van der Waals surface area contributed by atoms with Gasteiger partial charge in [-0.1, -0.05) is 20.4 Å². The molecule has 1 amide bonds. The minimum absolute atomic E-state index is 0.0330. The van der Waals surface area contributed by atoms with Crippen molar-refractivity contribution in [1.82, 2.24) is 29.4 Å². The van der Waals surface area contributed by atoms with Crippen LogP contribution in [-0.2, 0) is 17.8 Å². The number of rotatable bonds is 8. The molecule has 1 saturated heterocycles. The molecule has 5 heterocycles.